The number of nitrogen functional groups attached to an aromatic ring is 1. The van der Waals surface area contributed by atoms with Crippen LogP contribution in [0, 0.1) is 0 Å². The van der Waals surface area contributed by atoms with Crippen molar-refractivity contribution in [3.63, 3.8) is 0 Å². The second-order valence-electron chi connectivity index (χ2n) is 3.89. The quantitative estimate of drug-likeness (QED) is 0.846. The molecule has 78 valence electrons. The predicted molar refractivity (Wildman–Crippen MR) is 62.6 cm³/mol. The molecule has 0 radical (unpaired) electrons. The van der Waals surface area contributed by atoms with Crippen molar-refractivity contribution >= 4 is 26.7 Å². The van der Waals surface area contributed by atoms with Crippen LogP contribution in [0.2, 0.25) is 0 Å². The highest BCUT2D eigenvalue weighted by molar-refractivity contribution is 7.22. The summed E-state index contributed by atoms with van der Waals surface area (Å²) >= 11 is 1.53. The van der Waals surface area contributed by atoms with Gasteiger partial charge in [0.1, 0.15) is 5.75 Å². The van der Waals surface area contributed by atoms with Crippen LogP contribution in [0.15, 0.2) is 12.1 Å². The van der Waals surface area contributed by atoms with Gasteiger partial charge in [-0.05, 0) is 36.5 Å². The lowest BCUT2D eigenvalue weighted by molar-refractivity contribution is 0.415. The number of ether oxygens (including phenoxy) is 1. The Hall–Kier alpha value is -1.29. The van der Waals surface area contributed by atoms with Crippen LogP contribution in [-0.2, 0) is 0 Å². The fourth-order valence-electron chi connectivity index (χ4n) is 1.87. The first-order valence-corrected chi connectivity index (χ1v) is 5.83. The third-order valence-electron chi connectivity index (χ3n) is 2.77. The van der Waals surface area contributed by atoms with Crippen molar-refractivity contribution < 1.29 is 4.74 Å². The van der Waals surface area contributed by atoms with Crippen LogP contribution in [0.3, 0.4) is 0 Å². The van der Waals surface area contributed by atoms with Gasteiger partial charge in [0.15, 0.2) is 5.13 Å². The fourth-order valence-corrected chi connectivity index (χ4v) is 2.67. The smallest absolute Gasteiger partial charge is 0.181 e. The summed E-state index contributed by atoms with van der Waals surface area (Å²) in [5.41, 5.74) is 8.11. The van der Waals surface area contributed by atoms with Gasteiger partial charge in [-0.2, -0.15) is 0 Å². The minimum absolute atomic E-state index is 0.639. The average molecular weight is 220 g/mol. The molecular weight excluding hydrogens is 208 g/mol. The molecule has 3 rings (SSSR count). The van der Waals surface area contributed by atoms with Crippen molar-refractivity contribution in [3.8, 4) is 5.75 Å². The Morgan fingerprint density at radius 2 is 2.27 bits per heavy atom. The largest absolute Gasteiger partial charge is 0.497 e. The molecule has 1 saturated carbocycles. The lowest BCUT2D eigenvalue weighted by Gasteiger charge is -2.04. The third-order valence-corrected chi connectivity index (χ3v) is 3.60. The van der Waals surface area contributed by atoms with Gasteiger partial charge in [0.05, 0.1) is 17.3 Å². The molecule has 4 heteroatoms. The lowest BCUT2D eigenvalue weighted by atomic mass is 10.1. The fraction of sp³-hybridized carbons (Fsp3) is 0.364. The van der Waals surface area contributed by atoms with Crippen LogP contribution in [0.1, 0.15) is 24.3 Å². The van der Waals surface area contributed by atoms with E-state index in [0.29, 0.717) is 11.0 Å². The SMILES string of the molecule is COc1cc(C2CC2)c2nc(N)sc2c1. The molecule has 0 aliphatic heterocycles. The van der Waals surface area contributed by atoms with E-state index in [-0.39, 0.29) is 0 Å². The maximum atomic E-state index is 5.74. The van der Waals surface area contributed by atoms with E-state index in [1.54, 1.807) is 7.11 Å². The van der Waals surface area contributed by atoms with Gasteiger partial charge in [-0.25, -0.2) is 4.98 Å². The molecule has 1 heterocycles. The Balaban J connectivity index is 2.27. The van der Waals surface area contributed by atoms with Crippen molar-refractivity contribution in [3.05, 3.63) is 17.7 Å². The molecule has 0 saturated heterocycles. The molecule has 1 fully saturated rings. The number of benzene rings is 1. The molecule has 1 aromatic carbocycles. The van der Waals surface area contributed by atoms with Crippen LogP contribution in [-0.4, -0.2) is 12.1 Å². The summed E-state index contributed by atoms with van der Waals surface area (Å²) in [6, 6.07) is 4.11. The third kappa shape index (κ3) is 1.45. The van der Waals surface area contributed by atoms with Crippen LogP contribution >= 0.6 is 11.3 Å². The van der Waals surface area contributed by atoms with E-state index in [2.05, 4.69) is 11.1 Å². The van der Waals surface area contributed by atoms with Crippen molar-refractivity contribution in [2.75, 3.05) is 12.8 Å². The second kappa shape index (κ2) is 3.10. The van der Waals surface area contributed by atoms with E-state index in [0.717, 1.165) is 16.0 Å². The predicted octanol–water partition coefficient (Wildman–Crippen LogP) is 2.76. The van der Waals surface area contributed by atoms with Gasteiger partial charge < -0.3 is 10.5 Å². The van der Waals surface area contributed by atoms with Crippen LogP contribution in [0.4, 0.5) is 5.13 Å². The van der Waals surface area contributed by atoms with Gasteiger partial charge in [-0.3, -0.25) is 0 Å². The first-order chi connectivity index (χ1) is 7.28. The van der Waals surface area contributed by atoms with Crippen LogP contribution < -0.4 is 10.5 Å². The van der Waals surface area contributed by atoms with E-state index < -0.39 is 0 Å². The Morgan fingerprint density at radius 1 is 1.47 bits per heavy atom. The molecule has 0 amide bonds. The Labute approximate surface area is 91.9 Å². The van der Waals surface area contributed by atoms with E-state index in [9.17, 15) is 0 Å². The van der Waals surface area contributed by atoms with Gasteiger partial charge in [0.2, 0.25) is 0 Å². The molecule has 0 spiro atoms. The first-order valence-electron chi connectivity index (χ1n) is 5.02. The molecule has 0 unspecified atom stereocenters. The van der Waals surface area contributed by atoms with Crippen LogP contribution in [0.25, 0.3) is 10.2 Å². The van der Waals surface area contributed by atoms with Crippen LogP contribution in [0.5, 0.6) is 5.75 Å². The van der Waals surface area contributed by atoms with E-state index in [4.69, 9.17) is 10.5 Å². The molecule has 1 aliphatic rings. The molecule has 15 heavy (non-hydrogen) atoms. The number of methoxy groups -OCH3 is 1. The summed E-state index contributed by atoms with van der Waals surface area (Å²) < 4.78 is 6.42. The maximum Gasteiger partial charge on any atom is 0.181 e. The number of fused-ring (bicyclic) bond motifs is 1. The van der Waals surface area contributed by atoms with Gasteiger partial charge >= 0.3 is 0 Å². The molecule has 2 aromatic rings. The van der Waals surface area contributed by atoms with Crippen molar-refractivity contribution in [1.82, 2.24) is 4.98 Å². The number of nitrogens with two attached hydrogens (primary N) is 1. The first kappa shape index (κ1) is 8.97. The number of rotatable bonds is 2. The highest BCUT2D eigenvalue weighted by Gasteiger charge is 2.27. The van der Waals surface area contributed by atoms with E-state index in [1.807, 2.05) is 6.07 Å². The van der Waals surface area contributed by atoms with Crippen molar-refractivity contribution in [1.29, 1.82) is 0 Å². The summed E-state index contributed by atoms with van der Waals surface area (Å²) in [6.45, 7) is 0. The van der Waals surface area contributed by atoms with Gasteiger partial charge in [-0.15, -0.1) is 0 Å². The second-order valence-corrected chi connectivity index (χ2v) is 4.95. The van der Waals surface area contributed by atoms with Gasteiger partial charge in [-0.1, -0.05) is 11.3 Å². The molecular formula is C11H12N2OS. The minimum atomic E-state index is 0.639. The number of thiazole rings is 1. The highest BCUT2D eigenvalue weighted by Crippen LogP contribution is 2.45. The topological polar surface area (TPSA) is 48.1 Å². The molecule has 1 aromatic heterocycles. The molecule has 1 aliphatic carbocycles. The summed E-state index contributed by atoms with van der Waals surface area (Å²) in [7, 11) is 1.70. The standard InChI is InChI=1S/C11H12N2OS/c1-14-7-4-8(6-2-3-6)10-9(5-7)15-11(12)13-10/h4-6H,2-3H2,1H3,(H2,12,13). The monoisotopic (exact) mass is 220 g/mol. The zero-order valence-corrected chi connectivity index (χ0v) is 9.30. The molecule has 3 nitrogen and oxygen atoms in total. The highest BCUT2D eigenvalue weighted by atomic mass is 32.1. The summed E-state index contributed by atoms with van der Waals surface area (Å²) in [5.74, 6) is 1.58. The number of hydrogen-bond acceptors (Lipinski definition) is 4. The Bertz CT molecular complexity index is 517. The zero-order chi connectivity index (χ0) is 10.4. The Morgan fingerprint density at radius 3 is 2.93 bits per heavy atom. The van der Waals surface area contributed by atoms with E-state index >= 15 is 0 Å². The number of hydrogen-bond donors (Lipinski definition) is 1. The van der Waals surface area contributed by atoms with E-state index in [1.165, 1.54) is 29.7 Å². The maximum absolute atomic E-state index is 5.74. The van der Waals surface area contributed by atoms with Crippen molar-refractivity contribution in [2.24, 2.45) is 0 Å². The zero-order valence-electron chi connectivity index (χ0n) is 8.49. The number of nitrogens with zero attached hydrogens (tertiary/aromatic N) is 1. The Kier molecular flexibility index (Phi) is 1.85. The normalized spacial score (nSPS) is 15.8. The van der Waals surface area contributed by atoms with Crippen molar-refractivity contribution in [2.45, 2.75) is 18.8 Å². The summed E-state index contributed by atoms with van der Waals surface area (Å²) in [4.78, 5) is 4.39. The number of aromatic nitrogens is 1. The van der Waals surface area contributed by atoms with Gasteiger partial charge in [0.25, 0.3) is 0 Å². The summed E-state index contributed by atoms with van der Waals surface area (Å²) in [6.07, 6.45) is 2.53. The summed E-state index contributed by atoms with van der Waals surface area (Å²) in [5, 5.41) is 0.639. The number of anilines is 1. The average Bonchev–Trinajstić information content (AvgIpc) is 2.98. The molecule has 2 N–H and O–H groups in total. The minimum Gasteiger partial charge on any atom is -0.497 e. The molecule has 0 bridgehead atoms. The molecule has 0 atom stereocenters. The lowest BCUT2D eigenvalue weighted by Crippen LogP contribution is -1.88. The van der Waals surface area contributed by atoms with Gasteiger partial charge in [0, 0.05) is 0 Å².